The second kappa shape index (κ2) is 7.75. The summed E-state index contributed by atoms with van der Waals surface area (Å²) >= 11 is 4.47. The molecule has 0 radical (unpaired) electrons. The molecule has 2 heterocycles. The van der Waals surface area contributed by atoms with E-state index in [1.165, 1.54) is 67.5 Å². The highest BCUT2D eigenvalue weighted by Gasteiger charge is 2.22. The molecule has 1 aliphatic carbocycles. The summed E-state index contributed by atoms with van der Waals surface area (Å²) in [6, 6.07) is 3.83. The summed E-state index contributed by atoms with van der Waals surface area (Å²) in [4.78, 5) is 4.32. The van der Waals surface area contributed by atoms with Gasteiger partial charge in [-0.3, -0.25) is 0 Å². The molecule has 1 aliphatic heterocycles. The molecular weight excluding hydrogens is 391 g/mol. The van der Waals surface area contributed by atoms with E-state index in [0.29, 0.717) is 6.04 Å². The van der Waals surface area contributed by atoms with Crippen LogP contribution in [0.5, 0.6) is 0 Å². The number of nitrogens with one attached hydrogen (secondary N) is 1. The van der Waals surface area contributed by atoms with Crippen molar-refractivity contribution in [2.75, 3.05) is 19.6 Å². The van der Waals surface area contributed by atoms with Gasteiger partial charge in [0.1, 0.15) is 0 Å². The molecule has 1 N–H and O–H groups in total. The van der Waals surface area contributed by atoms with Crippen molar-refractivity contribution in [1.29, 1.82) is 0 Å². The first-order valence-corrected chi connectivity index (χ1v) is 10.4. The predicted molar refractivity (Wildman–Crippen MR) is 100 cm³/mol. The van der Waals surface area contributed by atoms with Gasteiger partial charge in [-0.15, -0.1) is 11.3 Å². The summed E-state index contributed by atoms with van der Waals surface area (Å²) in [6.45, 7) is 6.15. The number of hydrogen-bond donors (Lipinski definition) is 1. The Labute approximate surface area is 146 Å². The summed E-state index contributed by atoms with van der Waals surface area (Å²) in [7, 11) is 0. The maximum Gasteiger partial charge on any atom is 0.0659 e. The second-order valence-corrected chi connectivity index (χ2v) is 9.59. The van der Waals surface area contributed by atoms with Crippen LogP contribution in [0.2, 0.25) is 0 Å². The molecule has 1 aromatic heterocycles. The average Bonchev–Trinajstić information content (AvgIpc) is 2.86. The predicted octanol–water partition coefficient (Wildman–Crippen LogP) is 4.58. The van der Waals surface area contributed by atoms with E-state index in [0.717, 1.165) is 6.04 Å². The van der Waals surface area contributed by atoms with Gasteiger partial charge in [-0.2, -0.15) is 0 Å². The maximum atomic E-state index is 3.82. The zero-order chi connectivity index (χ0) is 14.7. The van der Waals surface area contributed by atoms with Crippen LogP contribution in [0.25, 0.3) is 0 Å². The Morgan fingerprint density at radius 3 is 3.10 bits per heavy atom. The number of fused-ring (bicyclic) bond motifs is 1. The lowest BCUT2D eigenvalue weighted by atomic mass is 9.94. The van der Waals surface area contributed by atoms with Gasteiger partial charge < -0.3 is 10.2 Å². The number of hydrogen-bond acceptors (Lipinski definition) is 3. The molecule has 2 nitrogen and oxygen atoms in total. The van der Waals surface area contributed by atoms with Gasteiger partial charge in [-0.05, 0) is 99.3 Å². The summed E-state index contributed by atoms with van der Waals surface area (Å²) in [6.07, 6.45) is 9.48. The van der Waals surface area contributed by atoms with E-state index in [-0.39, 0.29) is 0 Å². The molecule has 0 aromatic carbocycles. The Bertz CT molecular complexity index is 460. The molecule has 1 fully saturated rings. The minimum absolute atomic E-state index is 0.618. The Morgan fingerprint density at radius 1 is 1.33 bits per heavy atom. The molecule has 2 aliphatic rings. The average molecular weight is 418 g/mol. The van der Waals surface area contributed by atoms with Crippen LogP contribution in [0.1, 0.15) is 61.9 Å². The third kappa shape index (κ3) is 4.21. The molecular formula is C17H27IN2S. The minimum Gasteiger partial charge on any atom is -0.310 e. The molecule has 0 spiro atoms. The SMILES string of the molecule is CC1CCCCN1CCCNC1CCCc2sc(I)cc21. The number of aryl methyl sites for hydroxylation is 1. The van der Waals surface area contributed by atoms with E-state index in [1.807, 2.05) is 11.3 Å². The van der Waals surface area contributed by atoms with Gasteiger partial charge in [-0.1, -0.05) is 6.42 Å². The molecule has 3 rings (SSSR count). The van der Waals surface area contributed by atoms with Crippen molar-refractivity contribution in [3.63, 3.8) is 0 Å². The Kier molecular flexibility index (Phi) is 5.99. The lowest BCUT2D eigenvalue weighted by Gasteiger charge is -2.33. The van der Waals surface area contributed by atoms with Gasteiger partial charge in [0.25, 0.3) is 0 Å². The van der Waals surface area contributed by atoms with Crippen LogP contribution in [0.15, 0.2) is 6.07 Å². The van der Waals surface area contributed by atoms with Crippen LogP contribution in [-0.2, 0) is 6.42 Å². The third-order valence-corrected chi connectivity index (χ3v) is 7.01. The number of nitrogens with zero attached hydrogens (tertiary/aromatic N) is 1. The fourth-order valence-corrected chi connectivity index (χ4v) is 5.90. The highest BCUT2D eigenvalue weighted by Crippen LogP contribution is 2.36. The quantitative estimate of drug-likeness (QED) is 0.556. The van der Waals surface area contributed by atoms with E-state index in [2.05, 4.69) is 45.8 Å². The first kappa shape index (κ1) is 16.2. The highest BCUT2D eigenvalue weighted by molar-refractivity contribution is 14.1. The number of piperidine rings is 1. The fraction of sp³-hybridized carbons (Fsp3) is 0.765. The molecule has 118 valence electrons. The Balaban J connectivity index is 1.43. The Hall–Kier alpha value is 0.350. The number of thiophene rings is 1. The molecule has 21 heavy (non-hydrogen) atoms. The van der Waals surface area contributed by atoms with Crippen LogP contribution in [0, 0.1) is 2.88 Å². The van der Waals surface area contributed by atoms with E-state index < -0.39 is 0 Å². The molecule has 0 bridgehead atoms. The van der Waals surface area contributed by atoms with Crippen LogP contribution in [-0.4, -0.2) is 30.6 Å². The zero-order valence-electron chi connectivity index (χ0n) is 13.0. The molecule has 2 atom stereocenters. The van der Waals surface area contributed by atoms with Gasteiger partial charge in [0.2, 0.25) is 0 Å². The van der Waals surface area contributed by atoms with Crippen molar-refractivity contribution >= 4 is 33.9 Å². The van der Waals surface area contributed by atoms with Crippen LogP contribution >= 0.6 is 33.9 Å². The van der Waals surface area contributed by atoms with Gasteiger partial charge >= 0.3 is 0 Å². The van der Waals surface area contributed by atoms with E-state index >= 15 is 0 Å². The first-order valence-electron chi connectivity index (χ1n) is 8.49. The van der Waals surface area contributed by atoms with Crippen LogP contribution < -0.4 is 5.32 Å². The van der Waals surface area contributed by atoms with Gasteiger partial charge in [0.05, 0.1) is 2.88 Å². The lowest BCUT2D eigenvalue weighted by Crippen LogP contribution is -2.39. The number of halogens is 1. The van der Waals surface area contributed by atoms with Crippen molar-refractivity contribution in [3.8, 4) is 0 Å². The topological polar surface area (TPSA) is 15.3 Å². The van der Waals surface area contributed by atoms with Crippen LogP contribution in [0.3, 0.4) is 0 Å². The molecule has 0 saturated carbocycles. The molecule has 0 amide bonds. The van der Waals surface area contributed by atoms with Crippen molar-refractivity contribution in [1.82, 2.24) is 10.2 Å². The van der Waals surface area contributed by atoms with Crippen molar-refractivity contribution in [2.24, 2.45) is 0 Å². The smallest absolute Gasteiger partial charge is 0.0659 e. The van der Waals surface area contributed by atoms with E-state index in [9.17, 15) is 0 Å². The summed E-state index contributed by atoms with van der Waals surface area (Å²) in [5, 5.41) is 3.82. The van der Waals surface area contributed by atoms with Gasteiger partial charge in [0, 0.05) is 17.0 Å². The van der Waals surface area contributed by atoms with Gasteiger partial charge in [0.15, 0.2) is 0 Å². The standard InChI is InChI=1S/C17H27IN2S/c1-13-6-2-3-10-20(13)11-5-9-19-15-7-4-8-16-14(15)12-17(18)21-16/h12-13,15,19H,2-11H2,1H3. The normalized spacial score (nSPS) is 26.8. The largest absolute Gasteiger partial charge is 0.310 e. The van der Waals surface area contributed by atoms with E-state index in [1.54, 1.807) is 10.4 Å². The lowest BCUT2D eigenvalue weighted by molar-refractivity contribution is 0.158. The molecule has 1 aromatic rings. The summed E-state index contributed by atoms with van der Waals surface area (Å²) in [5.41, 5.74) is 1.60. The van der Waals surface area contributed by atoms with E-state index in [4.69, 9.17) is 0 Å². The van der Waals surface area contributed by atoms with Crippen molar-refractivity contribution in [3.05, 3.63) is 19.4 Å². The Morgan fingerprint density at radius 2 is 2.24 bits per heavy atom. The van der Waals surface area contributed by atoms with Gasteiger partial charge in [-0.25, -0.2) is 0 Å². The molecule has 4 heteroatoms. The summed E-state index contributed by atoms with van der Waals surface area (Å²) in [5.74, 6) is 0. The molecule has 2 unspecified atom stereocenters. The first-order chi connectivity index (χ1) is 10.2. The summed E-state index contributed by atoms with van der Waals surface area (Å²) < 4.78 is 1.45. The fourth-order valence-electron chi connectivity index (χ4n) is 3.78. The number of rotatable bonds is 5. The highest BCUT2D eigenvalue weighted by atomic mass is 127. The zero-order valence-corrected chi connectivity index (χ0v) is 16.0. The van der Waals surface area contributed by atoms with Crippen molar-refractivity contribution in [2.45, 2.75) is 64.0 Å². The second-order valence-electron chi connectivity index (χ2n) is 6.56. The maximum absolute atomic E-state index is 3.82. The minimum atomic E-state index is 0.618. The third-order valence-electron chi connectivity index (χ3n) is 5.04. The van der Waals surface area contributed by atoms with Crippen LogP contribution in [0.4, 0.5) is 0 Å². The van der Waals surface area contributed by atoms with Crippen molar-refractivity contribution < 1.29 is 0 Å². The number of likely N-dealkylation sites (tertiary alicyclic amines) is 1. The molecule has 1 saturated heterocycles. The monoisotopic (exact) mass is 418 g/mol.